The molecule has 0 saturated carbocycles. The van der Waals surface area contributed by atoms with Crippen LogP contribution >= 0.6 is 0 Å². The molecule has 5 nitrogen and oxygen atoms in total. The molecule has 0 spiro atoms. The quantitative estimate of drug-likeness (QED) is 0.362. The van der Waals surface area contributed by atoms with Gasteiger partial charge in [0, 0.05) is 0 Å². The Balaban J connectivity index is 3.92. The van der Waals surface area contributed by atoms with Crippen LogP contribution in [0.3, 0.4) is 0 Å². The van der Waals surface area contributed by atoms with Gasteiger partial charge in [-0.05, 0) is 18.8 Å². The summed E-state index contributed by atoms with van der Waals surface area (Å²) in [5, 5.41) is 2.61. The second kappa shape index (κ2) is 15.3. The average Bonchev–Trinajstić information content (AvgIpc) is 2.54. The van der Waals surface area contributed by atoms with Crippen molar-refractivity contribution < 1.29 is 19.1 Å². The molecule has 24 heavy (non-hydrogen) atoms. The van der Waals surface area contributed by atoms with Gasteiger partial charge in [0.15, 0.2) is 0 Å². The van der Waals surface area contributed by atoms with Crippen molar-refractivity contribution in [3.63, 3.8) is 0 Å². The van der Waals surface area contributed by atoms with Gasteiger partial charge in [0.2, 0.25) is 0 Å². The van der Waals surface area contributed by atoms with E-state index in [0.29, 0.717) is 19.6 Å². The Morgan fingerprint density at radius 1 is 0.875 bits per heavy atom. The molecular formula is C19H37NO4. The molecule has 0 aromatic carbocycles. The van der Waals surface area contributed by atoms with Crippen molar-refractivity contribution in [2.45, 2.75) is 91.5 Å². The number of ether oxygens (including phenoxy) is 2. The fourth-order valence-corrected chi connectivity index (χ4v) is 2.30. The maximum atomic E-state index is 12.1. The van der Waals surface area contributed by atoms with Gasteiger partial charge in [-0.2, -0.15) is 0 Å². The van der Waals surface area contributed by atoms with Crippen LogP contribution in [0.15, 0.2) is 0 Å². The number of rotatable bonds is 14. The zero-order valence-corrected chi connectivity index (χ0v) is 16.1. The number of hydrogen-bond donors (Lipinski definition) is 1. The molecule has 0 saturated heterocycles. The minimum Gasteiger partial charge on any atom is -0.464 e. The molecule has 1 atom stereocenters. The third-order valence-corrected chi connectivity index (χ3v) is 3.69. The normalized spacial score (nSPS) is 12.0. The zero-order valence-electron chi connectivity index (χ0n) is 16.1. The second-order valence-electron chi connectivity index (χ2n) is 6.77. The molecule has 0 fully saturated rings. The number of carbonyl (C=O) groups excluding carboxylic acids is 2. The maximum Gasteiger partial charge on any atom is 0.407 e. The molecule has 0 aromatic heterocycles. The first-order chi connectivity index (χ1) is 11.5. The topological polar surface area (TPSA) is 64.6 Å². The van der Waals surface area contributed by atoms with Crippen LogP contribution in [0, 0.1) is 5.92 Å². The Morgan fingerprint density at radius 3 is 2.08 bits per heavy atom. The van der Waals surface area contributed by atoms with E-state index in [1.165, 1.54) is 32.1 Å². The van der Waals surface area contributed by atoms with E-state index in [4.69, 9.17) is 9.47 Å². The minimum atomic E-state index is -0.612. The number of alkyl carbamates (subject to hydrolysis) is 1. The number of unbranched alkanes of at least 4 members (excludes halogenated alkanes) is 6. The van der Waals surface area contributed by atoms with E-state index in [9.17, 15) is 9.59 Å². The van der Waals surface area contributed by atoms with Crippen molar-refractivity contribution >= 4 is 12.1 Å². The van der Waals surface area contributed by atoms with Gasteiger partial charge < -0.3 is 14.8 Å². The molecule has 1 unspecified atom stereocenters. The Kier molecular flexibility index (Phi) is 14.5. The first kappa shape index (κ1) is 22.7. The van der Waals surface area contributed by atoms with Gasteiger partial charge in [-0.25, -0.2) is 9.59 Å². The molecule has 0 aliphatic carbocycles. The van der Waals surface area contributed by atoms with Gasteiger partial charge in [0.25, 0.3) is 0 Å². The molecule has 1 N–H and O–H groups in total. The van der Waals surface area contributed by atoms with Gasteiger partial charge in [-0.3, -0.25) is 0 Å². The van der Waals surface area contributed by atoms with Crippen LogP contribution in [0.1, 0.15) is 85.5 Å². The van der Waals surface area contributed by atoms with Gasteiger partial charge in [-0.15, -0.1) is 0 Å². The van der Waals surface area contributed by atoms with Crippen LogP contribution in [-0.2, 0) is 14.3 Å². The zero-order chi connectivity index (χ0) is 18.2. The summed E-state index contributed by atoms with van der Waals surface area (Å²) < 4.78 is 10.4. The van der Waals surface area contributed by atoms with Crippen molar-refractivity contribution in [3.05, 3.63) is 0 Å². The van der Waals surface area contributed by atoms with Gasteiger partial charge in [0.05, 0.1) is 13.2 Å². The van der Waals surface area contributed by atoms with Crippen LogP contribution in [-0.4, -0.2) is 31.3 Å². The molecule has 0 radical (unpaired) electrons. The Bertz CT molecular complexity index is 331. The SMILES string of the molecule is CCCCCCCCCOC(=O)C(CCC)NC(=O)OCC(C)C. The van der Waals surface area contributed by atoms with E-state index in [1.807, 2.05) is 20.8 Å². The summed E-state index contributed by atoms with van der Waals surface area (Å²) in [5.41, 5.74) is 0. The van der Waals surface area contributed by atoms with E-state index in [0.717, 1.165) is 19.3 Å². The Hall–Kier alpha value is -1.26. The highest BCUT2D eigenvalue weighted by Gasteiger charge is 2.22. The van der Waals surface area contributed by atoms with Crippen LogP contribution in [0.25, 0.3) is 0 Å². The molecule has 5 heteroatoms. The minimum absolute atomic E-state index is 0.268. The molecule has 0 aliphatic rings. The lowest BCUT2D eigenvalue weighted by atomic mass is 10.1. The highest BCUT2D eigenvalue weighted by atomic mass is 16.6. The van der Waals surface area contributed by atoms with E-state index in [1.54, 1.807) is 0 Å². The molecule has 0 aromatic rings. The molecule has 0 rings (SSSR count). The third kappa shape index (κ3) is 13.2. The number of amides is 1. The third-order valence-electron chi connectivity index (χ3n) is 3.69. The van der Waals surface area contributed by atoms with Gasteiger partial charge >= 0.3 is 12.1 Å². The summed E-state index contributed by atoms with van der Waals surface area (Å²) in [6.07, 6.45) is 9.06. The summed E-state index contributed by atoms with van der Waals surface area (Å²) in [7, 11) is 0. The van der Waals surface area contributed by atoms with Crippen molar-refractivity contribution in [1.29, 1.82) is 0 Å². The number of hydrogen-bond acceptors (Lipinski definition) is 4. The van der Waals surface area contributed by atoms with Gasteiger partial charge in [-0.1, -0.05) is 72.6 Å². The maximum absolute atomic E-state index is 12.1. The molecule has 0 heterocycles. The van der Waals surface area contributed by atoms with Crippen molar-refractivity contribution in [3.8, 4) is 0 Å². The predicted molar refractivity (Wildman–Crippen MR) is 97.0 cm³/mol. The van der Waals surface area contributed by atoms with Crippen LogP contribution in [0.2, 0.25) is 0 Å². The summed E-state index contributed by atoms with van der Waals surface area (Å²) >= 11 is 0. The summed E-state index contributed by atoms with van der Waals surface area (Å²) in [6.45, 7) is 8.88. The van der Waals surface area contributed by atoms with Crippen molar-refractivity contribution in [2.75, 3.05) is 13.2 Å². The standard InChI is InChI=1S/C19H37NO4/c1-5-7-8-9-10-11-12-14-23-18(21)17(13-6-2)20-19(22)24-15-16(3)4/h16-17H,5-15H2,1-4H3,(H,20,22). The van der Waals surface area contributed by atoms with Crippen molar-refractivity contribution in [2.24, 2.45) is 5.92 Å². The molecule has 142 valence electrons. The van der Waals surface area contributed by atoms with E-state index >= 15 is 0 Å². The summed E-state index contributed by atoms with van der Waals surface area (Å²) in [6, 6.07) is -0.612. The van der Waals surface area contributed by atoms with E-state index < -0.39 is 12.1 Å². The summed E-state index contributed by atoms with van der Waals surface area (Å²) in [5.74, 6) is -0.0889. The number of carbonyl (C=O) groups is 2. The highest BCUT2D eigenvalue weighted by molar-refractivity contribution is 5.81. The number of esters is 1. The Morgan fingerprint density at radius 2 is 1.50 bits per heavy atom. The van der Waals surface area contributed by atoms with Crippen molar-refractivity contribution in [1.82, 2.24) is 5.32 Å². The smallest absolute Gasteiger partial charge is 0.407 e. The van der Waals surface area contributed by atoms with Gasteiger partial charge in [0.1, 0.15) is 6.04 Å². The van der Waals surface area contributed by atoms with Crippen LogP contribution < -0.4 is 5.32 Å². The first-order valence-corrected chi connectivity index (χ1v) is 9.61. The largest absolute Gasteiger partial charge is 0.464 e. The number of nitrogens with one attached hydrogen (secondary N) is 1. The lowest BCUT2D eigenvalue weighted by Crippen LogP contribution is -2.42. The van der Waals surface area contributed by atoms with E-state index in [-0.39, 0.29) is 11.9 Å². The van der Waals surface area contributed by atoms with E-state index in [2.05, 4.69) is 12.2 Å². The second-order valence-corrected chi connectivity index (χ2v) is 6.77. The molecular weight excluding hydrogens is 306 g/mol. The summed E-state index contributed by atoms with van der Waals surface area (Å²) in [4.78, 5) is 23.8. The fraction of sp³-hybridized carbons (Fsp3) is 0.895. The lowest BCUT2D eigenvalue weighted by molar-refractivity contribution is -0.146. The molecule has 0 bridgehead atoms. The van der Waals surface area contributed by atoms with Crippen LogP contribution in [0.5, 0.6) is 0 Å². The van der Waals surface area contributed by atoms with Crippen LogP contribution in [0.4, 0.5) is 4.79 Å². The molecule has 0 aliphatic heterocycles. The average molecular weight is 344 g/mol. The monoisotopic (exact) mass is 343 g/mol. The molecule has 1 amide bonds. The fourth-order valence-electron chi connectivity index (χ4n) is 2.30. The predicted octanol–water partition coefficient (Wildman–Crippen LogP) is 4.83. The highest BCUT2D eigenvalue weighted by Crippen LogP contribution is 2.08. The Labute approximate surface area is 147 Å². The first-order valence-electron chi connectivity index (χ1n) is 9.61. The lowest BCUT2D eigenvalue weighted by Gasteiger charge is -2.17.